The Hall–Kier alpha value is -1.63. The lowest BCUT2D eigenvalue weighted by atomic mass is 9.73. The van der Waals surface area contributed by atoms with Gasteiger partial charge in [0.1, 0.15) is 0 Å². The molecular weight excluding hydrogens is 266 g/mol. The highest BCUT2D eigenvalue weighted by atomic mass is 15.0. The van der Waals surface area contributed by atoms with Gasteiger partial charge in [-0.2, -0.15) is 4.58 Å². The van der Waals surface area contributed by atoms with Crippen LogP contribution in [-0.2, 0) is 0 Å². The SMILES string of the molecule is C=C(C=[N+]1C=CC(CC)(CC)C(C=CC)=C(C)C1=C)C(C)C. The number of allylic oxidation sites excluding steroid dienone is 6. The number of rotatable bonds is 5. The van der Waals surface area contributed by atoms with E-state index in [0.717, 1.165) is 24.1 Å². The van der Waals surface area contributed by atoms with Gasteiger partial charge < -0.3 is 0 Å². The first kappa shape index (κ1) is 18.4. The fourth-order valence-corrected chi connectivity index (χ4v) is 2.90. The molecule has 1 aliphatic rings. The third-order valence-corrected chi connectivity index (χ3v) is 4.88. The molecular formula is C21H32N+. The lowest BCUT2D eigenvalue weighted by Gasteiger charge is -2.29. The van der Waals surface area contributed by atoms with Gasteiger partial charge in [0.25, 0.3) is 0 Å². The molecule has 120 valence electrons. The molecule has 0 saturated heterocycles. The second-order valence-electron chi connectivity index (χ2n) is 6.43. The van der Waals surface area contributed by atoms with E-state index < -0.39 is 0 Å². The predicted molar refractivity (Wildman–Crippen MR) is 99.1 cm³/mol. The minimum absolute atomic E-state index is 0.0846. The summed E-state index contributed by atoms with van der Waals surface area (Å²) < 4.78 is 2.13. The summed E-state index contributed by atoms with van der Waals surface area (Å²) in [6, 6.07) is 0. The summed E-state index contributed by atoms with van der Waals surface area (Å²) in [4.78, 5) is 0. The van der Waals surface area contributed by atoms with Crippen LogP contribution in [0, 0.1) is 11.3 Å². The van der Waals surface area contributed by atoms with Crippen molar-refractivity contribution in [3.63, 3.8) is 0 Å². The van der Waals surface area contributed by atoms with Crippen molar-refractivity contribution in [1.29, 1.82) is 0 Å². The summed E-state index contributed by atoms with van der Waals surface area (Å²) in [6.45, 7) is 21.6. The van der Waals surface area contributed by atoms with E-state index in [1.54, 1.807) is 0 Å². The van der Waals surface area contributed by atoms with E-state index in [9.17, 15) is 0 Å². The maximum atomic E-state index is 4.33. The van der Waals surface area contributed by atoms with E-state index in [4.69, 9.17) is 0 Å². The largest absolute Gasteiger partial charge is 0.206 e. The van der Waals surface area contributed by atoms with Gasteiger partial charge in [0.15, 0.2) is 12.4 Å². The Balaban J connectivity index is 3.53. The van der Waals surface area contributed by atoms with E-state index in [0.29, 0.717) is 5.92 Å². The van der Waals surface area contributed by atoms with Gasteiger partial charge in [-0.25, -0.2) is 0 Å². The molecule has 0 radical (unpaired) electrons. The fourth-order valence-electron chi connectivity index (χ4n) is 2.90. The van der Waals surface area contributed by atoms with E-state index in [1.807, 2.05) is 0 Å². The molecule has 1 aliphatic heterocycles. The molecule has 0 aliphatic carbocycles. The maximum absolute atomic E-state index is 4.33. The van der Waals surface area contributed by atoms with Crippen LogP contribution >= 0.6 is 0 Å². The van der Waals surface area contributed by atoms with Gasteiger partial charge in [0.2, 0.25) is 5.70 Å². The van der Waals surface area contributed by atoms with Crippen LogP contribution in [0.2, 0.25) is 0 Å². The maximum Gasteiger partial charge on any atom is 0.206 e. The van der Waals surface area contributed by atoms with Crippen LogP contribution in [0.5, 0.6) is 0 Å². The Bertz CT molecular complexity index is 561. The summed E-state index contributed by atoms with van der Waals surface area (Å²) in [6.07, 6.45) is 13.2. The minimum Gasteiger partial charge on any atom is -0.168 e. The minimum atomic E-state index is 0.0846. The molecule has 0 atom stereocenters. The zero-order valence-corrected chi connectivity index (χ0v) is 15.2. The van der Waals surface area contributed by atoms with Crippen molar-refractivity contribution >= 4 is 6.21 Å². The van der Waals surface area contributed by atoms with Crippen molar-refractivity contribution in [2.75, 3.05) is 0 Å². The van der Waals surface area contributed by atoms with Crippen LogP contribution in [0.3, 0.4) is 0 Å². The lowest BCUT2D eigenvalue weighted by Crippen LogP contribution is -2.18. The van der Waals surface area contributed by atoms with Crippen molar-refractivity contribution in [3.8, 4) is 0 Å². The van der Waals surface area contributed by atoms with Crippen LogP contribution in [-0.4, -0.2) is 10.8 Å². The van der Waals surface area contributed by atoms with Crippen molar-refractivity contribution < 1.29 is 4.58 Å². The zero-order chi connectivity index (χ0) is 16.9. The smallest absolute Gasteiger partial charge is 0.168 e. The van der Waals surface area contributed by atoms with Gasteiger partial charge in [0.05, 0.1) is 0 Å². The topological polar surface area (TPSA) is 3.01 Å². The Morgan fingerprint density at radius 2 is 1.91 bits per heavy atom. The van der Waals surface area contributed by atoms with E-state index in [1.165, 1.54) is 11.1 Å². The average molecular weight is 298 g/mol. The van der Waals surface area contributed by atoms with Crippen LogP contribution < -0.4 is 0 Å². The molecule has 0 aromatic carbocycles. The Labute approximate surface area is 137 Å². The monoisotopic (exact) mass is 298 g/mol. The first-order valence-corrected chi connectivity index (χ1v) is 8.37. The molecule has 1 rings (SSSR count). The van der Waals surface area contributed by atoms with Crippen molar-refractivity contribution in [3.05, 3.63) is 60.0 Å². The highest BCUT2D eigenvalue weighted by Crippen LogP contribution is 2.42. The third-order valence-electron chi connectivity index (χ3n) is 4.88. The van der Waals surface area contributed by atoms with E-state index in [-0.39, 0.29) is 5.41 Å². The Morgan fingerprint density at radius 3 is 2.36 bits per heavy atom. The molecule has 1 heteroatoms. The molecule has 1 heterocycles. The standard InChI is InChI=1S/C21H32N/c1-9-12-20-18(7)19(8)22(15-17(6)16(4)5)14-13-21(20,10-2)11-3/h9,12-16H,6,8,10-11H2,1-5,7H3/q+1. The van der Waals surface area contributed by atoms with Crippen LogP contribution in [0.1, 0.15) is 54.4 Å². The van der Waals surface area contributed by atoms with Gasteiger partial charge >= 0.3 is 0 Å². The number of hydrogen-bond acceptors (Lipinski definition) is 0. The van der Waals surface area contributed by atoms with E-state index >= 15 is 0 Å². The van der Waals surface area contributed by atoms with Crippen molar-refractivity contribution in [2.24, 2.45) is 11.3 Å². The first-order chi connectivity index (χ1) is 10.3. The normalized spacial score (nSPS) is 20.3. The van der Waals surface area contributed by atoms with Crippen LogP contribution in [0.15, 0.2) is 60.0 Å². The molecule has 0 unspecified atom stereocenters. The molecule has 0 aromatic rings. The number of hydrogen-bond donors (Lipinski definition) is 0. The average Bonchev–Trinajstić information content (AvgIpc) is 2.59. The highest BCUT2D eigenvalue weighted by Gasteiger charge is 2.33. The first-order valence-electron chi connectivity index (χ1n) is 8.37. The van der Waals surface area contributed by atoms with Gasteiger partial charge in [-0.1, -0.05) is 46.4 Å². The summed E-state index contributed by atoms with van der Waals surface area (Å²) >= 11 is 0. The van der Waals surface area contributed by atoms with Gasteiger partial charge in [-0.15, -0.1) is 0 Å². The fraction of sp³-hybridized carbons (Fsp3) is 0.476. The summed E-state index contributed by atoms with van der Waals surface area (Å²) in [5, 5.41) is 0. The molecule has 0 amide bonds. The van der Waals surface area contributed by atoms with Gasteiger partial charge in [-0.05, 0) is 50.8 Å². The summed E-state index contributed by atoms with van der Waals surface area (Å²) in [5.41, 5.74) is 4.88. The molecule has 0 aromatic heterocycles. The predicted octanol–water partition coefficient (Wildman–Crippen LogP) is 6.02. The highest BCUT2D eigenvalue weighted by molar-refractivity contribution is 5.74. The third kappa shape index (κ3) is 3.58. The van der Waals surface area contributed by atoms with Crippen molar-refractivity contribution in [2.45, 2.75) is 54.4 Å². The number of nitrogens with zero attached hydrogens (tertiary/aromatic N) is 1. The summed E-state index contributed by atoms with van der Waals surface area (Å²) in [7, 11) is 0. The molecule has 0 fully saturated rings. The second kappa shape index (κ2) is 7.58. The Morgan fingerprint density at radius 1 is 1.32 bits per heavy atom. The Kier molecular flexibility index (Phi) is 6.34. The second-order valence-corrected chi connectivity index (χ2v) is 6.43. The molecule has 22 heavy (non-hydrogen) atoms. The molecule has 0 saturated carbocycles. The van der Waals surface area contributed by atoms with Crippen LogP contribution in [0.4, 0.5) is 0 Å². The molecule has 0 N–H and O–H groups in total. The molecule has 0 bridgehead atoms. The molecule has 0 spiro atoms. The van der Waals surface area contributed by atoms with E-state index in [2.05, 4.69) is 89.9 Å². The van der Waals surface area contributed by atoms with Crippen molar-refractivity contribution in [1.82, 2.24) is 0 Å². The lowest BCUT2D eigenvalue weighted by molar-refractivity contribution is -0.390. The molecule has 1 nitrogen and oxygen atoms in total. The summed E-state index contributed by atoms with van der Waals surface area (Å²) in [5.74, 6) is 0.436. The zero-order valence-electron chi connectivity index (χ0n) is 15.2. The van der Waals surface area contributed by atoms with Gasteiger partial charge in [-0.3, -0.25) is 0 Å². The quantitative estimate of drug-likeness (QED) is 0.546. The van der Waals surface area contributed by atoms with Crippen LogP contribution in [0.25, 0.3) is 0 Å². The van der Waals surface area contributed by atoms with Gasteiger partial charge in [0, 0.05) is 16.6 Å².